The summed E-state index contributed by atoms with van der Waals surface area (Å²) in [6, 6.07) is 7.91. The number of hydrogen-bond acceptors (Lipinski definition) is 2. The molecular weight excluding hydrogens is 272 g/mol. The number of halogens is 1. The first kappa shape index (κ1) is 17.5. The Morgan fingerprint density at radius 1 is 1.20 bits per heavy atom. The average molecular weight is 299 g/mol. The van der Waals surface area contributed by atoms with Gasteiger partial charge in [-0.1, -0.05) is 37.6 Å². The molecular formula is C17H27ClO2. The first-order chi connectivity index (χ1) is 9.46. The average Bonchev–Trinajstić information content (AvgIpc) is 2.43. The van der Waals surface area contributed by atoms with Gasteiger partial charge in [-0.25, -0.2) is 0 Å². The van der Waals surface area contributed by atoms with Crippen molar-refractivity contribution in [3.8, 4) is 0 Å². The van der Waals surface area contributed by atoms with E-state index in [1.807, 2.05) is 24.3 Å². The van der Waals surface area contributed by atoms with Crippen LogP contribution in [-0.2, 0) is 11.2 Å². The molecule has 0 fully saturated rings. The SMILES string of the molecule is COCCC(C)(C)CCC(CO)Cc1ccc(Cl)cc1. The Hall–Kier alpha value is -0.570. The molecule has 0 bridgehead atoms. The van der Waals surface area contributed by atoms with Gasteiger partial charge >= 0.3 is 0 Å². The monoisotopic (exact) mass is 298 g/mol. The molecule has 0 amide bonds. The second-order valence-electron chi connectivity index (χ2n) is 6.32. The Bertz CT molecular complexity index is 373. The first-order valence-corrected chi connectivity index (χ1v) is 7.69. The van der Waals surface area contributed by atoms with E-state index in [1.54, 1.807) is 7.11 Å². The number of aliphatic hydroxyl groups is 1. The van der Waals surface area contributed by atoms with Crippen LogP contribution in [0.4, 0.5) is 0 Å². The van der Waals surface area contributed by atoms with Crippen LogP contribution in [0.5, 0.6) is 0 Å². The summed E-state index contributed by atoms with van der Waals surface area (Å²) in [5.41, 5.74) is 1.51. The lowest BCUT2D eigenvalue weighted by atomic mass is 9.81. The third-order valence-electron chi connectivity index (χ3n) is 3.91. The molecule has 114 valence electrons. The molecule has 1 unspecified atom stereocenters. The normalized spacial score (nSPS) is 13.4. The molecule has 20 heavy (non-hydrogen) atoms. The van der Waals surface area contributed by atoms with Gasteiger partial charge in [-0.2, -0.15) is 0 Å². The van der Waals surface area contributed by atoms with Gasteiger partial charge in [-0.15, -0.1) is 0 Å². The van der Waals surface area contributed by atoms with Crippen molar-refractivity contribution in [3.05, 3.63) is 34.9 Å². The molecule has 0 saturated carbocycles. The van der Waals surface area contributed by atoms with Gasteiger partial charge < -0.3 is 9.84 Å². The van der Waals surface area contributed by atoms with Gasteiger partial charge in [0.1, 0.15) is 0 Å². The molecule has 0 aliphatic rings. The Kier molecular flexibility index (Phi) is 7.57. The van der Waals surface area contributed by atoms with E-state index >= 15 is 0 Å². The molecule has 0 aromatic heterocycles. The number of aliphatic hydroxyl groups excluding tert-OH is 1. The summed E-state index contributed by atoms with van der Waals surface area (Å²) in [5, 5.41) is 10.3. The smallest absolute Gasteiger partial charge is 0.0467 e. The molecule has 0 saturated heterocycles. The largest absolute Gasteiger partial charge is 0.396 e. The highest BCUT2D eigenvalue weighted by molar-refractivity contribution is 6.30. The van der Waals surface area contributed by atoms with Crippen molar-refractivity contribution in [1.82, 2.24) is 0 Å². The van der Waals surface area contributed by atoms with Gasteiger partial charge in [0.25, 0.3) is 0 Å². The predicted molar refractivity (Wildman–Crippen MR) is 85.2 cm³/mol. The van der Waals surface area contributed by atoms with E-state index in [2.05, 4.69) is 13.8 Å². The van der Waals surface area contributed by atoms with Gasteiger partial charge in [-0.3, -0.25) is 0 Å². The van der Waals surface area contributed by atoms with Crippen molar-refractivity contribution in [2.24, 2.45) is 11.3 Å². The van der Waals surface area contributed by atoms with Gasteiger partial charge in [0.05, 0.1) is 0 Å². The molecule has 1 aromatic rings. The molecule has 3 heteroatoms. The minimum Gasteiger partial charge on any atom is -0.396 e. The Labute approximate surface area is 128 Å². The standard InChI is InChI=1S/C17H27ClO2/c1-17(2,10-11-20-3)9-8-15(13-19)12-14-4-6-16(18)7-5-14/h4-7,15,19H,8-13H2,1-3H3. The highest BCUT2D eigenvalue weighted by Crippen LogP contribution is 2.29. The lowest BCUT2D eigenvalue weighted by Crippen LogP contribution is -2.18. The van der Waals surface area contributed by atoms with Crippen LogP contribution in [0.3, 0.4) is 0 Å². The molecule has 0 aliphatic heterocycles. The summed E-state index contributed by atoms with van der Waals surface area (Å²) in [4.78, 5) is 0. The molecule has 1 aromatic carbocycles. The number of hydrogen-bond donors (Lipinski definition) is 1. The minimum absolute atomic E-state index is 0.239. The zero-order valence-electron chi connectivity index (χ0n) is 12.9. The summed E-state index contributed by atoms with van der Waals surface area (Å²) in [5.74, 6) is 0.318. The third kappa shape index (κ3) is 6.74. The fourth-order valence-corrected chi connectivity index (χ4v) is 2.44. The van der Waals surface area contributed by atoms with Gasteiger partial charge in [0.15, 0.2) is 0 Å². The van der Waals surface area contributed by atoms with Crippen LogP contribution in [0.15, 0.2) is 24.3 Å². The quantitative estimate of drug-likeness (QED) is 0.735. The molecule has 0 radical (unpaired) electrons. The molecule has 0 aliphatic carbocycles. The first-order valence-electron chi connectivity index (χ1n) is 7.31. The number of ether oxygens (including phenoxy) is 1. The number of benzene rings is 1. The molecule has 1 rings (SSSR count). The van der Waals surface area contributed by atoms with Crippen molar-refractivity contribution in [1.29, 1.82) is 0 Å². The maximum Gasteiger partial charge on any atom is 0.0467 e. The Morgan fingerprint density at radius 2 is 1.85 bits per heavy atom. The second kappa shape index (κ2) is 8.66. The summed E-state index contributed by atoms with van der Waals surface area (Å²) in [7, 11) is 1.74. The summed E-state index contributed by atoms with van der Waals surface area (Å²) in [6.07, 6.45) is 4.11. The van der Waals surface area contributed by atoms with Crippen molar-refractivity contribution >= 4 is 11.6 Å². The van der Waals surface area contributed by atoms with Crippen molar-refractivity contribution < 1.29 is 9.84 Å². The maximum atomic E-state index is 9.56. The Balaban J connectivity index is 2.44. The van der Waals surface area contributed by atoms with E-state index in [0.29, 0.717) is 5.92 Å². The lowest BCUT2D eigenvalue weighted by Gasteiger charge is -2.26. The van der Waals surface area contributed by atoms with E-state index < -0.39 is 0 Å². The summed E-state index contributed by atoms with van der Waals surface area (Å²) < 4.78 is 5.16. The third-order valence-corrected chi connectivity index (χ3v) is 4.16. The highest BCUT2D eigenvalue weighted by Gasteiger charge is 2.20. The van der Waals surface area contributed by atoms with Crippen LogP contribution in [0, 0.1) is 11.3 Å². The fraction of sp³-hybridized carbons (Fsp3) is 0.647. The van der Waals surface area contributed by atoms with Gasteiger partial charge in [-0.05, 0) is 54.7 Å². The van der Waals surface area contributed by atoms with E-state index in [1.165, 1.54) is 5.56 Å². The van der Waals surface area contributed by atoms with Crippen LogP contribution in [0.1, 0.15) is 38.7 Å². The van der Waals surface area contributed by atoms with Crippen LogP contribution in [0.25, 0.3) is 0 Å². The van der Waals surface area contributed by atoms with Crippen LogP contribution < -0.4 is 0 Å². The molecule has 0 spiro atoms. The van der Waals surface area contributed by atoms with E-state index in [4.69, 9.17) is 16.3 Å². The van der Waals surface area contributed by atoms with E-state index in [0.717, 1.165) is 37.3 Å². The molecule has 1 atom stereocenters. The highest BCUT2D eigenvalue weighted by atomic mass is 35.5. The molecule has 2 nitrogen and oxygen atoms in total. The van der Waals surface area contributed by atoms with Crippen LogP contribution >= 0.6 is 11.6 Å². The molecule has 0 heterocycles. The van der Waals surface area contributed by atoms with Crippen molar-refractivity contribution in [2.45, 2.75) is 39.5 Å². The summed E-state index contributed by atoms with van der Waals surface area (Å²) >= 11 is 5.89. The summed E-state index contributed by atoms with van der Waals surface area (Å²) in [6.45, 7) is 5.57. The molecule has 1 N–H and O–H groups in total. The van der Waals surface area contributed by atoms with E-state index in [-0.39, 0.29) is 12.0 Å². The van der Waals surface area contributed by atoms with Crippen molar-refractivity contribution in [3.63, 3.8) is 0 Å². The van der Waals surface area contributed by atoms with Crippen LogP contribution in [0.2, 0.25) is 5.02 Å². The maximum absolute atomic E-state index is 9.56. The Morgan fingerprint density at radius 3 is 2.40 bits per heavy atom. The number of rotatable bonds is 9. The lowest BCUT2D eigenvalue weighted by molar-refractivity contribution is 0.136. The van der Waals surface area contributed by atoms with Crippen LogP contribution in [-0.4, -0.2) is 25.4 Å². The zero-order chi connectivity index (χ0) is 15.0. The zero-order valence-corrected chi connectivity index (χ0v) is 13.6. The van der Waals surface area contributed by atoms with E-state index in [9.17, 15) is 5.11 Å². The van der Waals surface area contributed by atoms with Crippen molar-refractivity contribution in [2.75, 3.05) is 20.3 Å². The number of methoxy groups -OCH3 is 1. The van der Waals surface area contributed by atoms with Gasteiger partial charge in [0, 0.05) is 25.3 Å². The second-order valence-corrected chi connectivity index (χ2v) is 6.76. The topological polar surface area (TPSA) is 29.5 Å². The van der Waals surface area contributed by atoms with Gasteiger partial charge in [0.2, 0.25) is 0 Å². The predicted octanol–water partition coefficient (Wildman–Crippen LogP) is 4.33. The fourth-order valence-electron chi connectivity index (χ4n) is 2.31. The minimum atomic E-state index is 0.239.